The number of amides is 2. The third-order valence-electron chi connectivity index (χ3n) is 5.57. The number of nitrogens with zero attached hydrogens (tertiary/aromatic N) is 1. The van der Waals surface area contributed by atoms with Gasteiger partial charge in [0.1, 0.15) is 0 Å². The zero-order chi connectivity index (χ0) is 15.0. The van der Waals surface area contributed by atoms with E-state index in [0.717, 1.165) is 30.6 Å². The van der Waals surface area contributed by atoms with E-state index in [1.54, 1.807) is 13.8 Å². The molecule has 0 radical (unpaired) electrons. The predicted molar refractivity (Wildman–Crippen MR) is 82.4 cm³/mol. The van der Waals surface area contributed by atoms with Gasteiger partial charge in [0.05, 0.1) is 0 Å². The lowest BCUT2D eigenvalue weighted by Crippen LogP contribution is -2.32. The third-order valence-corrected chi connectivity index (χ3v) is 5.57. The van der Waals surface area contributed by atoms with Gasteiger partial charge in [-0.1, -0.05) is 25.0 Å². The normalized spacial score (nSPS) is 31.1. The molecule has 3 atom stereocenters. The summed E-state index contributed by atoms with van der Waals surface area (Å²) in [6, 6.07) is 0. The Labute approximate surface area is 127 Å². The largest absolute Gasteiger partial charge is 0.275 e. The number of carbonyl (C=O) groups excluding carboxylic acids is 2. The van der Waals surface area contributed by atoms with Gasteiger partial charge in [0.25, 0.3) is 11.8 Å². The van der Waals surface area contributed by atoms with E-state index in [1.165, 1.54) is 30.6 Å². The highest BCUT2D eigenvalue weighted by atomic mass is 16.2. The summed E-state index contributed by atoms with van der Waals surface area (Å²) in [4.78, 5) is 25.3. The first-order valence-electron chi connectivity index (χ1n) is 8.30. The molecule has 0 aromatic heterocycles. The molecule has 2 bridgehead atoms. The molecule has 0 spiro atoms. The number of unbranched alkanes of at least 4 members (excludes halogenated alkanes) is 2. The van der Waals surface area contributed by atoms with E-state index >= 15 is 0 Å². The van der Waals surface area contributed by atoms with Crippen LogP contribution in [0, 0.1) is 17.8 Å². The minimum atomic E-state index is -0.0873. The van der Waals surface area contributed by atoms with Crippen LogP contribution in [0.1, 0.15) is 52.4 Å². The maximum absolute atomic E-state index is 11.9. The molecule has 21 heavy (non-hydrogen) atoms. The van der Waals surface area contributed by atoms with Gasteiger partial charge in [0.2, 0.25) is 0 Å². The van der Waals surface area contributed by atoms with E-state index in [1.807, 2.05) is 0 Å². The van der Waals surface area contributed by atoms with Gasteiger partial charge in [-0.15, -0.1) is 0 Å². The summed E-state index contributed by atoms with van der Waals surface area (Å²) < 4.78 is 0. The zero-order valence-electron chi connectivity index (χ0n) is 13.1. The summed E-state index contributed by atoms with van der Waals surface area (Å²) in [6.45, 7) is 4.08. The fraction of sp³-hybridized carbons (Fsp3) is 0.667. The van der Waals surface area contributed by atoms with Crippen molar-refractivity contribution in [1.82, 2.24) is 4.90 Å². The lowest BCUT2D eigenvalue weighted by Gasteiger charge is -2.18. The standard InChI is InChI=1S/C18H25NO2/c1-12-13(2)18(21)19(17(12)20)9-5-3-4-6-15-10-14-7-8-16(15)11-14/h7-8,14-16H,3-6,9-11H2,1-2H3. The summed E-state index contributed by atoms with van der Waals surface area (Å²) in [6.07, 6.45) is 12.2. The van der Waals surface area contributed by atoms with Crippen LogP contribution in [0.15, 0.2) is 23.3 Å². The van der Waals surface area contributed by atoms with Gasteiger partial charge in [-0.25, -0.2) is 0 Å². The fourth-order valence-corrected chi connectivity index (χ4v) is 4.10. The van der Waals surface area contributed by atoms with Crippen molar-refractivity contribution in [3.63, 3.8) is 0 Å². The highest BCUT2D eigenvalue weighted by molar-refractivity contribution is 6.18. The Bertz CT molecular complexity index is 493. The molecular weight excluding hydrogens is 262 g/mol. The molecule has 1 saturated carbocycles. The molecule has 3 aliphatic rings. The molecule has 3 nitrogen and oxygen atoms in total. The van der Waals surface area contributed by atoms with Crippen molar-refractivity contribution in [2.75, 3.05) is 6.54 Å². The first kappa shape index (κ1) is 14.6. The second-order valence-electron chi connectivity index (χ2n) is 6.90. The fourth-order valence-electron chi connectivity index (χ4n) is 4.10. The quantitative estimate of drug-likeness (QED) is 0.426. The number of fused-ring (bicyclic) bond motifs is 2. The Balaban J connectivity index is 1.35. The van der Waals surface area contributed by atoms with Gasteiger partial charge in [0.15, 0.2) is 0 Å². The molecule has 3 heteroatoms. The Morgan fingerprint density at radius 3 is 2.29 bits per heavy atom. The minimum absolute atomic E-state index is 0.0873. The second kappa shape index (κ2) is 5.78. The summed E-state index contributed by atoms with van der Waals surface area (Å²) in [5.74, 6) is 2.41. The average molecular weight is 287 g/mol. The first-order valence-corrected chi connectivity index (χ1v) is 8.30. The van der Waals surface area contributed by atoms with Crippen molar-refractivity contribution in [3.05, 3.63) is 23.3 Å². The van der Waals surface area contributed by atoms with Crippen molar-refractivity contribution in [2.24, 2.45) is 17.8 Å². The Morgan fingerprint density at radius 1 is 1.00 bits per heavy atom. The van der Waals surface area contributed by atoms with Crippen molar-refractivity contribution >= 4 is 11.8 Å². The highest BCUT2D eigenvalue weighted by Gasteiger charge is 2.35. The molecule has 0 aromatic rings. The van der Waals surface area contributed by atoms with E-state index in [-0.39, 0.29) is 11.8 Å². The number of carbonyl (C=O) groups is 2. The van der Waals surface area contributed by atoms with Gasteiger partial charge < -0.3 is 0 Å². The molecule has 0 aromatic carbocycles. The van der Waals surface area contributed by atoms with Crippen molar-refractivity contribution < 1.29 is 9.59 Å². The van der Waals surface area contributed by atoms with E-state index in [0.29, 0.717) is 17.7 Å². The maximum atomic E-state index is 11.9. The monoisotopic (exact) mass is 287 g/mol. The number of rotatable bonds is 6. The molecule has 2 amide bonds. The average Bonchev–Trinajstić information content (AvgIpc) is 3.14. The number of allylic oxidation sites excluding steroid dienone is 2. The molecule has 1 heterocycles. The van der Waals surface area contributed by atoms with E-state index in [2.05, 4.69) is 12.2 Å². The molecular formula is C18H25NO2. The molecule has 0 saturated heterocycles. The van der Waals surface area contributed by atoms with Crippen LogP contribution in [0.3, 0.4) is 0 Å². The van der Waals surface area contributed by atoms with Gasteiger partial charge in [-0.2, -0.15) is 0 Å². The maximum Gasteiger partial charge on any atom is 0.256 e. The van der Waals surface area contributed by atoms with Gasteiger partial charge in [-0.05, 0) is 57.3 Å². The topological polar surface area (TPSA) is 37.4 Å². The van der Waals surface area contributed by atoms with Crippen molar-refractivity contribution in [2.45, 2.75) is 52.4 Å². The van der Waals surface area contributed by atoms with Crippen LogP contribution in [0.2, 0.25) is 0 Å². The zero-order valence-corrected chi connectivity index (χ0v) is 13.1. The summed E-state index contributed by atoms with van der Waals surface area (Å²) in [5.41, 5.74) is 1.24. The van der Waals surface area contributed by atoms with E-state index < -0.39 is 0 Å². The Hall–Kier alpha value is -1.38. The van der Waals surface area contributed by atoms with Gasteiger partial charge >= 0.3 is 0 Å². The van der Waals surface area contributed by atoms with Crippen molar-refractivity contribution in [1.29, 1.82) is 0 Å². The lowest BCUT2D eigenvalue weighted by molar-refractivity contribution is -0.137. The predicted octanol–water partition coefficient (Wildman–Crippen LogP) is 3.46. The van der Waals surface area contributed by atoms with Crippen LogP contribution in [0.25, 0.3) is 0 Å². The summed E-state index contributed by atoms with van der Waals surface area (Å²) in [5, 5.41) is 0. The summed E-state index contributed by atoms with van der Waals surface area (Å²) in [7, 11) is 0. The van der Waals surface area contributed by atoms with Crippen LogP contribution < -0.4 is 0 Å². The number of imide groups is 1. The molecule has 2 aliphatic carbocycles. The van der Waals surface area contributed by atoms with Crippen LogP contribution in [0.5, 0.6) is 0 Å². The lowest BCUT2D eigenvalue weighted by atomic mass is 9.89. The molecule has 0 N–H and O–H groups in total. The highest BCUT2D eigenvalue weighted by Crippen LogP contribution is 2.45. The van der Waals surface area contributed by atoms with Crippen LogP contribution in [-0.4, -0.2) is 23.3 Å². The van der Waals surface area contributed by atoms with Gasteiger partial charge in [-0.3, -0.25) is 14.5 Å². The SMILES string of the molecule is CC1=C(C)C(=O)N(CCCCCC2CC3C=CC2C3)C1=O. The number of hydrogen-bond acceptors (Lipinski definition) is 2. The van der Waals surface area contributed by atoms with Crippen LogP contribution in [-0.2, 0) is 9.59 Å². The van der Waals surface area contributed by atoms with Crippen LogP contribution in [0.4, 0.5) is 0 Å². The Morgan fingerprint density at radius 2 is 1.71 bits per heavy atom. The third kappa shape index (κ3) is 2.70. The van der Waals surface area contributed by atoms with E-state index in [9.17, 15) is 9.59 Å². The molecule has 1 aliphatic heterocycles. The molecule has 3 rings (SSSR count). The number of hydrogen-bond donors (Lipinski definition) is 0. The first-order chi connectivity index (χ1) is 10.1. The molecule has 1 fully saturated rings. The molecule has 114 valence electrons. The Kier molecular flexibility index (Phi) is 4.01. The second-order valence-corrected chi connectivity index (χ2v) is 6.90. The minimum Gasteiger partial charge on any atom is -0.275 e. The van der Waals surface area contributed by atoms with E-state index in [4.69, 9.17) is 0 Å². The molecule has 3 unspecified atom stereocenters. The van der Waals surface area contributed by atoms with Crippen LogP contribution >= 0.6 is 0 Å². The smallest absolute Gasteiger partial charge is 0.256 e. The van der Waals surface area contributed by atoms with Gasteiger partial charge in [0, 0.05) is 17.7 Å². The van der Waals surface area contributed by atoms with Crippen molar-refractivity contribution in [3.8, 4) is 0 Å². The summed E-state index contributed by atoms with van der Waals surface area (Å²) >= 11 is 0.